The molecule has 0 radical (unpaired) electrons. The van der Waals surface area contributed by atoms with Gasteiger partial charge in [-0.1, -0.05) is 33.3 Å². The molecule has 0 aromatic rings. The van der Waals surface area contributed by atoms with Crippen LogP contribution in [-0.4, -0.2) is 13.1 Å². The van der Waals surface area contributed by atoms with Crippen LogP contribution in [0.1, 0.15) is 33.6 Å². The van der Waals surface area contributed by atoms with E-state index in [1.807, 2.05) is 0 Å². The fraction of sp³-hybridized carbons (Fsp3) is 0.800. The Morgan fingerprint density at radius 3 is 2.45 bits per heavy atom. The second-order valence-corrected chi connectivity index (χ2v) is 3.39. The minimum Gasteiger partial charge on any atom is -0.316 e. The van der Waals surface area contributed by atoms with Gasteiger partial charge in [-0.05, 0) is 18.4 Å². The van der Waals surface area contributed by atoms with Crippen LogP contribution in [0.15, 0.2) is 12.7 Å². The molecule has 0 saturated heterocycles. The Balaban J connectivity index is 3.77. The normalized spacial score (nSPS) is 15.9. The third-order valence-corrected chi connectivity index (χ3v) is 2.09. The average molecular weight is 155 g/mol. The highest BCUT2D eigenvalue weighted by Gasteiger charge is 2.17. The molecular weight excluding hydrogens is 134 g/mol. The van der Waals surface area contributed by atoms with Crippen LogP contribution >= 0.6 is 0 Å². The summed E-state index contributed by atoms with van der Waals surface area (Å²) in [5.41, 5.74) is 0.296. The molecule has 0 aromatic heterocycles. The molecule has 1 N–H and O–H groups in total. The summed E-state index contributed by atoms with van der Waals surface area (Å²) in [7, 11) is 0. The molecule has 1 atom stereocenters. The highest BCUT2D eigenvalue weighted by molar-refractivity contribution is 4.92. The molecule has 1 nitrogen and oxygen atoms in total. The highest BCUT2D eigenvalue weighted by atomic mass is 14.9. The van der Waals surface area contributed by atoms with Crippen LogP contribution in [0.25, 0.3) is 0 Å². The van der Waals surface area contributed by atoms with Crippen molar-refractivity contribution in [2.75, 3.05) is 13.1 Å². The van der Waals surface area contributed by atoms with Crippen LogP contribution in [0, 0.1) is 5.41 Å². The molecule has 1 heteroatoms. The van der Waals surface area contributed by atoms with Gasteiger partial charge < -0.3 is 5.32 Å². The highest BCUT2D eigenvalue weighted by Crippen LogP contribution is 2.22. The van der Waals surface area contributed by atoms with Crippen molar-refractivity contribution in [1.29, 1.82) is 0 Å². The summed E-state index contributed by atoms with van der Waals surface area (Å²) in [4.78, 5) is 0. The Kier molecular flexibility index (Phi) is 5.22. The maximum atomic E-state index is 3.86. The van der Waals surface area contributed by atoms with Gasteiger partial charge in [0.05, 0.1) is 0 Å². The van der Waals surface area contributed by atoms with Crippen molar-refractivity contribution in [2.24, 2.45) is 5.41 Å². The van der Waals surface area contributed by atoms with Crippen molar-refractivity contribution >= 4 is 0 Å². The minimum absolute atomic E-state index is 0.296. The second-order valence-electron chi connectivity index (χ2n) is 3.39. The van der Waals surface area contributed by atoms with Gasteiger partial charge in [0.2, 0.25) is 0 Å². The summed E-state index contributed by atoms with van der Waals surface area (Å²) in [5, 5.41) is 3.35. The van der Waals surface area contributed by atoms with Crippen LogP contribution in [-0.2, 0) is 0 Å². The molecule has 0 aliphatic carbocycles. The van der Waals surface area contributed by atoms with E-state index in [1.165, 1.54) is 12.8 Å². The summed E-state index contributed by atoms with van der Waals surface area (Å²) >= 11 is 0. The molecule has 0 aliphatic rings. The zero-order valence-corrected chi connectivity index (χ0v) is 8.11. The van der Waals surface area contributed by atoms with Crippen molar-refractivity contribution in [1.82, 2.24) is 5.32 Å². The molecule has 0 fully saturated rings. The second kappa shape index (κ2) is 5.36. The van der Waals surface area contributed by atoms with Crippen LogP contribution in [0.5, 0.6) is 0 Å². The first-order valence-corrected chi connectivity index (χ1v) is 4.53. The van der Waals surface area contributed by atoms with Gasteiger partial charge in [-0.2, -0.15) is 0 Å². The lowest BCUT2D eigenvalue weighted by molar-refractivity contribution is 0.365. The lowest BCUT2D eigenvalue weighted by Gasteiger charge is -2.25. The maximum Gasteiger partial charge on any atom is 0.00396 e. The first-order valence-electron chi connectivity index (χ1n) is 4.53. The maximum absolute atomic E-state index is 3.86. The fourth-order valence-corrected chi connectivity index (χ4v) is 1.24. The Hall–Kier alpha value is -0.300. The molecule has 0 aliphatic heterocycles. The van der Waals surface area contributed by atoms with Gasteiger partial charge in [-0.25, -0.2) is 0 Å². The van der Waals surface area contributed by atoms with Gasteiger partial charge in [0, 0.05) is 6.54 Å². The van der Waals surface area contributed by atoms with E-state index in [-0.39, 0.29) is 0 Å². The predicted octanol–water partition coefficient (Wildman–Crippen LogP) is 2.59. The van der Waals surface area contributed by atoms with E-state index in [4.69, 9.17) is 0 Å². The van der Waals surface area contributed by atoms with Gasteiger partial charge in [0.1, 0.15) is 0 Å². The fourth-order valence-electron chi connectivity index (χ4n) is 1.24. The Labute approximate surface area is 70.9 Å². The van der Waals surface area contributed by atoms with E-state index >= 15 is 0 Å². The summed E-state index contributed by atoms with van der Waals surface area (Å²) in [6.45, 7) is 12.6. The van der Waals surface area contributed by atoms with Crippen molar-refractivity contribution < 1.29 is 0 Å². The predicted molar refractivity (Wildman–Crippen MR) is 51.8 cm³/mol. The van der Waals surface area contributed by atoms with Crippen LogP contribution in [0.4, 0.5) is 0 Å². The molecule has 0 saturated carbocycles. The Morgan fingerprint density at radius 1 is 1.45 bits per heavy atom. The Morgan fingerprint density at radius 2 is 2.09 bits per heavy atom. The zero-order chi connectivity index (χ0) is 8.74. The van der Waals surface area contributed by atoms with Gasteiger partial charge in [-0.3, -0.25) is 0 Å². The van der Waals surface area contributed by atoms with Crippen molar-refractivity contribution in [3.8, 4) is 0 Å². The lowest BCUT2D eigenvalue weighted by atomic mass is 9.86. The number of hydrogen-bond donors (Lipinski definition) is 1. The van der Waals surface area contributed by atoms with Crippen molar-refractivity contribution in [3.05, 3.63) is 12.7 Å². The van der Waals surface area contributed by atoms with E-state index in [9.17, 15) is 0 Å². The molecule has 0 amide bonds. The molecule has 0 aromatic carbocycles. The van der Waals surface area contributed by atoms with Crippen molar-refractivity contribution in [3.63, 3.8) is 0 Å². The van der Waals surface area contributed by atoms with Gasteiger partial charge >= 0.3 is 0 Å². The first-order chi connectivity index (χ1) is 5.18. The Bertz CT molecular complexity index is 109. The molecular formula is C10H21N. The van der Waals surface area contributed by atoms with Gasteiger partial charge in [-0.15, -0.1) is 6.58 Å². The molecule has 0 spiro atoms. The van der Waals surface area contributed by atoms with E-state index in [0.29, 0.717) is 5.41 Å². The largest absolute Gasteiger partial charge is 0.316 e. The topological polar surface area (TPSA) is 12.0 Å². The SMILES string of the molecule is C=CC(C)(CCC)CNCC. The third kappa shape index (κ3) is 4.20. The molecule has 0 bridgehead atoms. The molecule has 66 valence electrons. The lowest BCUT2D eigenvalue weighted by Crippen LogP contribution is -2.29. The first kappa shape index (κ1) is 10.7. The van der Waals surface area contributed by atoms with Crippen LogP contribution in [0.2, 0.25) is 0 Å². The van der Waals surface area contributed by atoms with E-state index < -0.39 is 0 Å². The monoisotopic (exact) mass is 155 g/mol. The van der Waals surface area contributed by atoms with E-state index in [1.54, 1.807) is 0 Å². The minimum atomic E-state index is 0.296. The summed E-state index contributed by atoms with van der Waals surface area (Å²) in [5.74, 6) is 0. The standard InChI is InChI=1S/C10H21N/c1-5-8-10(4,6-2)9-11-7-3/h6,11H,2,5,7-9H2,1,3-4H3. The number of nitrogens with one attached hydrogen (secondary N) is 1. The third-order valence-electron chi connectivity index (χ3n) is 2.09. The average Bonchev–Trinajstić information content (AvgIpc) is 2.02. The van der Waals surface area contributed by atoms with E-state index in [2.05, 4.69) is 38.7 Å². The number of hydrogen-bond acceptors (Lipinski definition) is 1. The van der Waals surface area contributed by atoms with Crippen LogP contribution < -0.4 is 5.32 Å². The zero-order valence-electron chi connectivity index (χ0n) is 8.11. The van der Waals surface area contributed by atoms with Crippen LogP contribution in [0.3, 0.4) is 0 Å². The summed E-state index contributed by atoms with van der Waals surface area (Å²) in [6.07, 6.45) is 4.52. The molecule has 1 unspecified atom stereocenters. The molecule has 0 heterocycles. The van der Waals surface area contributed by atoms with Crippen molar-refractivity contribution in [2.45, 2.75) is 33.6 Å². The quantitative estimate of drug-likeness (QED) is 0.581. The smallest absolute Gasteiger partial charge is 0.00396 e. The van der Waals surface area contributed by atoms with Gasteiger partial charge in [0.15, 0.2) is 0 Å². The summed E-state index contributed by atoms with van der Waals surface area (Å²) in [6, 6.07) is 0. The van der Waals surface area contributed by atoms with E-state index in [0.717, 1.165) is 13.1 Å². The molecule has 0 rings (SSSR count). The number of rotatable bonds is 6. The molecule has 11 heavy (non-hydrogen) atoms. The van der Waals surface area contributed by atoms with Gasteiger partial charge in [0.25, 0.3) is 0 Å². The summed E-state index contributed by atoms with van der Waals surface area (Å²) < 4.78 is 0.